The van der Waals surface area contributed by atoms with Crippen molar-refractivity contribution in [3.63, 3.8) is 0 Å². The minimum Gasteiger partial charge on any atom is -0.466 e. The van der Waals surface area contributed by atoms with E-state index in [2.05, 4.69) is 6.92 Å². The van der Waals surface area contributed by atoms with Gasteiger partial charge in [-0.2, -0.15) is 0 Å². The number of esters is 1. The number of aliphatic hydroxyl groups excluding tert-OH is 1. The third-order valence-corrected chi connectivity index (χ3v) is 8.05. The molecule has 0 aromatic carbocycles. The zero-order chi connectivity index (χ0) is 19.6. The summed E-state index contributed by atoms with van der Waals surface area (Å²) in [7, 11) is 0. The van der Waals surface area contributed by atoms with Gasteiger partial charge in [0.15, 0.2) is 5.67 Å². The van der Waals surface area contributed by atoms with Crippen LogP contribution in [0.1, 0.15) is 52.9 Å². The molecule has 4 aliphatic rings. The molecule has 4 rings (SSSR count). The van der Waals surface area contributed by atoms with Crippen LogP contribution in [0, 0.1) is 28.6 Å². The Morgan fingerprint density at radius 3 is 2.74 bits per heavy atom. The monoisotopic (exact) mass is 380 g/mol. The number of carbonyl (C=O) groups excluding carboxylic acids is 1. The van der Waals surface area contributed by atoms with Gasteiger partial charge < -0.3 is 9.84 Å². The fraction of sp³-hybridized carbons (Fsp3) is 0.773. The first-order valence-electron chi connectivity index (χ1n) is 10.1. The number of ether oxygens (including phenoxy) is 1. The van der Waals surface area contributed by atoms with Gasteiger partial charge in [0, 0.05) is 18.3 Å². The number of carbonyl (C=O) groups is 1. The van der Waals surface area contributed by atoms with Gasteiger partial charge >= 0.3 is 5.97 Å². The van der Waals surface area contributed by atoms with E-state index in [4.69, 9.17) is 4.74 Å². The molecule has 1 N–H and O–H groups in total. The second-order valence-electron chi connectivity index (χ2n) is 9.67. The first kappa shape index (κ1) is 19.1. The maximum Gasteiger partial charge on any atom is 0.302 e. The third kappa shape index (κ3) is 2.56. The molecule has 8 atom stereocenters. The Morgan fingerprint density at radius 2 is 2.04 bits per heavy atom. The lowest BCUT2D eigenvalue weighted by atomic mass is 9.45. The second kappa shape index (κ2) is 6.13. The summed E-state index contributed by atoms with van der Waals surface area (Å²) in [6.45, 7) is 5.56. The molecule has 27 heavy (non-hydrogen) atoms. The number of aliphatic hydroxyl groups is 1. The highest BCUT2D eigenvalue weighted by Crippen LogP contribution is 2.68. The molecule has 0 unspecified atom stereocenters. The van der Waals surface area contributed by atoms with Crippen molar-refractivity contribution in [1.82, 2.24) is 0 Å². The Bertz CT molecular complexity index is 704. The minimum absolute atomic E-state index is 0.0154. The van der Waals surface area contributed by atoms with Crippen molar-refractivity contribution < 1.29 is 23.4 Å². The van der Waals surface area contributed by atoms with Gasteiger partial charge in [0.1, 0.15) is 6.17 Å². The predicted molar refractivity (Wildman–Crippen MR) is 98.4 cm³/mol. The summed E-state index contributed by atoms with van der Waals surface area (Å²) in [5, 5.41) is 11.0. The van der Waals surface area contributed by atoms with Crippen molar-refractivity contribution in [3.05, 3.63) is 23.8 Å². The molecule has 0 saturated heterocycles. The number of hydrogen-bond donors (Lipinski definition) is 1. The second-order valence-corrected chi connectivity index (χ2v) is 9.67. The summed E-state index contributed by atoms with van der Waals surface area (Å²) in [6, 6.07) is 0. The van der Waals surface area contributed by atoms with E-state index in [1.807, 2.05) is 6.08 Å². The van der Waals surface area contributed by atoms with Gasteiger partial charge in [-0.3, -0.25) is 4.79 Å². The van der Waals surface area contributed by atoms with Crippen LogP contribution in [0.15, 0.2) is 23.8 Å². The van der Waals surface area contributed by atoms with E-state index >= 15 is 8.78 Å². The van der Waals surface area contributed by atoms with Crippen LogP contribution in [0.3, 0.4) is 0 Å². The van der Waals surface area contributed by atoms with Gasteiger partial charge in [0.25, 0.3) is 0 Å². The van der Waals surface area contributed by atoms with Crippen LogP contribution in [0.2, 0.25) is 0 Å². The first-order valence-corrected chi connectivity index (χ1v) is 10.1. The van der Waals surface area contributed by atoms with Crippen molar-refractivity contribution in [2.75, 3.05) is 6.61 Å². The molecule has 0 aliphatic heterocycles. The molecule has 0 amide bonds. The van der Waals surface area contributed by atoms with Gasteiger partial charge in [-0.05, 0) is 61.9 Å². The lowest BCUT2D eigenvalue weighted by Crippen LogP contribution is -2.67. The molecule has 0 bridgehead atoms. The Kier molecular flexibility index (Phi) is 4.34. The van der Waals surface area contributed by atoms with Crippen LogP contribution in [-0.4, -0.2) is 35.6 Å². The summed E-state index contributed by atoms with van der Waals surface area (Å²) >= 11 is 0. The number of rotatable bonds is 2. The minimum atomic E-state index is -1.86. The summed E-state index contributed by atoms with van der Waals surface area (Å²) in [5.41, 5.74) is -2.71. The molecule has 0 aromatic rings. The Labute approximate surface area is 159 Å². The van der Waals surface area contributed by atoms with Crippen molar-refractivity contribution in [3.8, 4) is 0 Å². The molecular weight excluding hydrogens is 350 g/mol. The van der Waals surface area contributed by atoms with Crippen LogP contribution in [0.4, 0.5) is 8.78 Å². The van der Waals surface area contributed by atoms with E-state index in [0.717, 1.165) is 12.8 Å². The summed E-state index contributed by atoms with van der Waals surface area (Å²) in [5.74, 6) is -0.721. The smallest absolute Gasteiger partial charge is 0.302 e. The number of allylic oxidation sites excluding steroid dienone is 4. The van der Waals surface area contributed by atoms with E-state index in [9.17, 15) is 9.90 Å². The summed E-state index contributed by atoms with van der Waals surface area (Å²) < 4.78 is 37.1. The predicted octanol–water partition coefficient (Wildman–Crippen LogP) is 4.31. The van der Waals surface area contributed by atoms with Crippen molar-refractivity contribution >= 4 is 5.97 Å². The van der Waals surface area contributed by atoms with E-state index in [1.54, 1.807) is 19.1 Å². The number of fused-ring (bicyclic) bond motifs is 5. The van der Waals surface area contributed by atoms with Crippen molar-refractivity contribution in [2.24, 2.45) is 28.6 Å². The van der Waals surface area contributed by atoms with E-state index < -0.39 is 29.3 Å². The van der Waals surface area contributed by atoms with Crippen molar-refractivity contribution in [2.45, 2.75) is 70.8 Å². The topological polar surface area (TPSA) is 46.5 Å². The molecule has 150 valence electrons. The highest BCUT2D eigenvalue weighted by atomic mass is 19.1. The highest BCUT2D eigenvalue weighted by molar-refractivity contribution is 5.65. The largest absolute Gasteiger partial charge is 0.466 e. The third-order valence-electron chi connectivity index (χ3n) is 8.05. The molecule has 0 radical (unpaired) electrons. The van der Waals surface area contributed by atoms with Crippen LogP contribution in [-0.2, 0) is 9.53 Å². The summed E-state index contributed by atoms with van der Waals surface area (Å²) in [6.07, 6.45) is 5.80. The lowest BCUT2D eigenvalue weighted by molar-refractivity contribution is -0.195. The van der Waals surface area contributed by atoms with E-state index in [1.165, 1.54) is 6.92 Å². The zero-order valence-corrected chi connectivity index (χ0v) is 16.4. The molecule has 4 aliphatic carbocycles. The van der Waals surface area contributed by atoms with Crippen LogP contribution < -0.4 is 0 Å². The average Bonchev–Trinajstić information content (AvgIpc) is 2.92. The Morgan fingerprint density at radius 1 is 1.30 bits per heavy atom. The molecule has 0 spiro atoms. The van der Waals surface area contributed by atoms with Gasteiger partial charge in [0.05, 0.1) is 12.7 Å². The molecule has 0 heterocycles. The molecule has 0 aromatic heterocycles. The Balaban J connectivity index is 1.70. The average molecular weight is 380 g/mol. The SMILES string of the molecule is CC(=O)OC[C@@H]1C[C@H]2[C@@H]3C[C@H](F)C4=CCC=C[C@]4(C)[C@@]3(F)[C@@H](O)C[C@]2(C)C1. The van der Waals surface area contributed by atoms with Gasteiger partial charge in [0.2, 0.25) is 0 Å². The zero-order valence-electron chi connectivity index (χ0n) is 16.4. The fourth-order valence-electron chi connectivity index (χ4n) is 6.94. The maximum atomic E-state index is 16.8. The summed E-state index contributed by atoms with van der Waals surface area (Å²) in [4.78, 5) is 11.2. The Hall–Kier alpha value is -1.23. The first-order chi connectivity index (χ1) is 12.6. The maximum absolute atomic E-state index is 16.8. The van der Waals surface area contributed by atoms with Gasteiger partial charge in [-0.15, -0.1) is 0 Å². The normalized spacial score (nSPS) is 51.0. The van der Waals surface area contributed by atoms with Gasteiger partial charge in [-0.1, -0.05) is 25.2 Å². The van der Waals surface area contributed by atoms with Crippen LogP contribution in [0.25, 0.3) is 0 Å². The molecule has 3 fully saturated rings. The fourth-order valence-corrected chi connectivity index (χ4v) is 6.94. The highest BCUT2D eigenvalue weighted by Gasteiger charge is 2.71. The quantitative estimate of drug-likeness (QED) is 0.574. The number of alkyl halides is 2. The van der Waals surface area contributed by atoms with Crippen LogP contribution >= 0.6 is 0 Å². The van der Waals surface area contributed by atoms with E-state index in [0.29, 0.717) is 25.0 Å². The molecular formula is C22H30F2O3. The number of halogens is 2. The standard InChI is InChI=1S/C22H30F2O3/c1-13(25)27-12-14-8-16-17-9-18(23)15-6-4-5-7-21(15,3)22(17,24)19(26)11-20(16,2)10-14/h5-7,14,16-19,26H,4,8-12H2,1-3H3/t14-,16+,17+,18+,19+,20+,21+,22+/m1/s1. The number of hydrogen-bond acceptors (Lipinski definition) is 3. The molecule has 5 heteroatoms. The molecule has 3 saturated carbocycles. The van der Waals surface area contributed by atoms with Gasteiger partial charge in [-0.25, -0.2) is 8.78 Å². The lowest BCUT2D eigenvalue weighted by Gasteiger charge is -2.62. The molecule has 3 nitrogen and oxygen atoms in total. The van der Waals surface area contributed by atoms with Crippen molar-refractivity contribution in [1.29, 1.82) is 0 Å². The van der Waals surface area contributed by atoms with Crippen LogP contribution in [0.5, 0.6) is 0 Å². The van der Waals surface area contributed by atoms with E-state index in [-0.39, 0.29) is 29.6 Å².